The molecular formula is C18H19N3O3. The Labute approximate surface area is 140 Å². The fraction of sp³-hybridized carbons (Fsp3) is 0.222. The maximum absolute atomic E-state index is 12.2. The van der Waals surface area contributed by atoms with Gasteiger partial charge in [0.1, 0.15) is 23.9 Å². The molecule has 0 radical (unpaired) electrons. The minimum atomic E-state index is -0.237. The molecule has 24 heavy (non-hydrogen) atoms. The Morgan fingerprint density at radius 2 is 2.00 bits per heavy atom. The van der Waals surface area contributed by atoms with Gasteiger partial charge in [-0.25, -0.2) is 4.68 Å². The summed E-state index contributed by atoms with van der Waals surface area (Å²) in [6, 6.07) is 11.3. The molecular weight excluding hydrogens is 306 g/mol. The summed E-state index contributed by atoms with van der Waals surface area (Å²) >= 11 is 0. The van der Waals surface area contributed by atoms with E-state index < -0.39 is 0 Å². The number of furan rings is 1. The molecule has 0 saturated carbocycles. The fourth-order valence-corrected chi connectivity index (χ4v) is 2.46. The first-order valence-corrected chi connectivity index (χ1v) is 7.66. The van der Waals surface area contributed by atoms with Gasteiger partial charge in [-0.2, -0.15) is 5.10 Å². The summed E-state index contributed by atoms with van der Waals surface area (Å²) in [4.78, 5) is 12.2. The molecule has 1 N–H and O–H groups in total. The molecule has 2 aromatic heterocycles. The zero-order valence-corrected chi connectivity index (χ0v) is 13.7. The largest absolute Gasteiger partial charge is 0.483 e. The van der Waals surface area contributed by atoms with Crippen LogP contribution in [-0.4, -0.2) is 22.3 Å². The Kier molecular flexibility index (Phi) is 4.65. The number of ether oxygens (including phenoxy) is 1. The van der Waals surface area contributed by atoms with Crippen LogP contribution in [0.1, 0.15) is 16.9 Å². The molecule has 1 amide bonds. The molecule has 0 saturated heterocycles. The van der Waals surface area contributed by atoms with Crippen molar-refractivity contribution in [1.82, 2.24) is 9.78 Å². The highest BCUT2D eigenvalue weighted by Gasteiger charge is 2.11. The summed E-state index contributed by atoms with van der Waals surface area (Å²) < 4.78 is 12.6. The Bertz CT molecular complexity index is 802. The maximum Gasteiger partial charge on any atom is 0.263 e. The number of benzene rings is 1. The molecule has 3 rings (SSSR count). The van der Waals surface area contributed by atoms with Crippen LogP contribution in [0, 0.1) is 13.8 Å². The average molecular weight is 325 g/mol. The third-order valence-corrected chi connectivity index (χ3v) is 3.63. The van der Waals surface area contributed by atoms with E-state index in [1.165, 1.54) is 0 Å². The smallest absolute Gasteiger partial charge is 0.263 e. The molecule has 124 valence electrons. The first kappa shape index (κ1) is 15.9. The van der Waals surface area contributed by atoms with E-state index in [2.05, 4.69) is 10.4 Å². The van der Waals surface area contributed by atoms with Crippen LogP contribution in [0.2, 0.25) is 0 Å². The monoisotopic (exact) mass is 325 g/mol. The van der Waals surface area contributed by atoms with Crippen LogP contribution in [0.3, 0.4) is 0 Å². The van der Waals surface area contributed by atoms with E-state index in [1.807, 2.05) is 44.2 Å². The quantitative estimate of drug-likeness (QED) is 0.756. The third kappa shape index (κ3) is 3.65. The van der Waals surface area contributed by atoms with E-state index in [4.69, 9.17) is 9.15 Å². The predicted molar refractivity (Wildman–Crippen MR) is 90.1 cm³/mol. The highest BCUT2D eigenvalue weighted by Crippen LogP contribution is 2.22. The van der Waals surface area contributed by atoms with E-state index >= 15 is 0 Å². The van der Waals surface area contributed by atoms with E-state index in [-0.39, 0.29) is 12.5 Å². The van der Waals surface area contributed by atoms with Gasteiger partial charge in [0.15, 0.2) is 6.61 Å². The highest BCUT2D eigenvalue weighted by molar-refractivity contribution is 5.91. The van der Waals surface area contributed by atoms with E-state index in [0.717, 1.165) is 22.6 Å². The van der Waals surface area contributed by atoms with Crippen molar-refractivity contribution in [3.8, 4) is 5.75 Å². The van der Waals surface area contributed by atoms with Crippen LogP contribution in [0.5, 0.6) is 5.75 Å². The summed E-state index contributed by atoms with van der Waals surface area (Å²) in [5, 5.41) is 7.00. The number of nitrogens with zero attached hydrogens (tertiary/aromatic N) is 2. The molecule has 0 bridgehead atoms. The first-order valence-electron chi connectivity index (χ1n) is 7.66. The lowest BCUT2D eigenvalue weighted by atomic mass is 10.1. The molecule has 0 fully saturated rings. The summed E-state index contributed by atoms with van der Waals surface area (Å²) in [6.07, 6.45) is 3.24. The topological polar surface area (TPSA) is 69.3 Å². The molecule has 0 aliphatic carbocycles. The summed E-state index contributed by atoms with van der Waals surface area (Å²) in [5.74, 6) is 1.87. The lowest BCUT2D eigenvalue weighted by Crippen LogP contribution is -2.22. The van der Waals surface area contributed by atoms with Gasteiger partial charge in [0.05, 0.1) is 12.5 Å². The molecule has 1 aromatic carbocycles. The molecule has 6 nitrogen and oxygen atoms in total. The molecule has 0 spiro atoms. The second kappa shape index (κ2) is 7.04. The minimum absolute atomic E-state index is 0.0579. The Morgan fingerprint density at radius 1 is 1.21 bits per heavy atom. The van der Waals surface area contributed by atoms with Gasteiger partial charge >= 0.3 is 0 Å². The van der Waals surface area contributed by atoms with Gasteiger partial charge in [-0.15, -0.1) is 0 Å². The average Bonchev–Trinajstić information content (AvgIpc) is 3.20. The number of carbonyl (C=O) groups is 1. The standard InChI is InChI=1S/C18H19N3O3/c1-13-5-3-6-14(2)18(13)24-12-17(22)20-16-8-9-19-21(16)11-15-7-4-10-23-15/h3-10H,11-12H2,1-2H3,(H,20,22). The van der Waals surface area contributed by atoms with Crippen molar-refractivity contribution < 1.29 is 13.9 Å². The van der Waals surface area contributed by atoms with Crippen LogP contribution in [-0.2, 0) is 11.3 Å². The number of anilines is 1. The van der Waals surface area contributed by atoms with Gasteiger partial charge in [-0.3, -0.25) is 4.79 Å². The van der Waals surface area contributed by atoms with Gasteiger partial charge in [0.25, 0.3) is 5.91 Å². The normalized spacial score (nSPS) is 10.6. The second-order valence-corrected chi connectivity index (χ2v) is 5.51. The van der Waals surface area contributed by atoms with Crippen LogP contribution in [0.4, 0.5) is 5.82 Å². The Morgan fingerprint density at radius 3 is 2.71 bits per heavy atom. The van der Waals surface area contributed by atoms with Crippen molar-refractivity contribution in [3.63, 3.8) is 0 Å². The van der Waals surface area contributed by atoms with Gasteiger partial charge in [-0.1, -0.05) is 18.2 Å². The van der Waals surface area contributed by atoms with Crippen molar-refractivity contribution in [1.29, 1.82) is 0 Å². The number of carbonyl (C=O) groups excluding carboxylic acids is 1. The van der Waals surface area contributed by atoms with Gasteiger partial charge in [0.2, 0.25) is 0 Å². The number of hydrogen-bond donors (Lipinski definition) is 1. The fourth-order valence-electron chi connectivity index (χ4n) is 2.46. The number of para-hydroxylation sites is 1. The lowest BCUT2D eigenvalue weighted by Gasteiger charge is -2.12. The van der Waals surface area contributed by atoms with Crippen molar-refractivity contribution >= 4 is 11.7 Å². The Hall–Kier alpha value is -3.02. The third-order valence-electron chi connectivity index (χ3n) is 3.63. The maximum atomic E-state index is 12.2. The van der Waals surface area contributed by atoms with Gasteiger partial charge in [0, 0.05) is 6.07 Å². The second-order valence-electron chi connectivity index (χ2n) is 5.51. The number of amides is 1. The first-order chi connectivity index (χ1) is 11.6. The predicted octanol–water partition coefficient (Wildman–Crippen LogP) is 3.16. The summed E-state index contributed by atoms with van der Waals surface area (Å²) in [7, 11) is 0. The molecule has 6 heteroatoms. The zero-order chi connectivity index (χ0) is 16.9. The SMILES string of the molecule is Cc1cccc(C)c1OCC(=O)Nc1ccnn1Cc1ccco1. The number of rotatable bonds is 6. The van der Waals surface area contributed by atoms with Crippen LogP contribution >= 0.6 is 0 Å². The summed E-state index contributed by atoms with van der Waals surface area (Å²) in [6.45, 7) is 4.31. The molecule has 0 unspecified atom stereocenters. The van der Waals surface area contributed by atoms with E-state index in [1.54, 1.807) is 23.2 Å². The van der Waals surface area contributed by atoms with Crippen molar-refractivity contribution in [2.75, 3.05) is 11.9 Å². The minimum Gasteiger partial charge on any atom is -0.483 e. The Balaban J connectivity index is 1.61. The highest BCUT2D eigenvalue weighted by atomic mass is 16.5. The molecule has 2 heterocycles. The zero-order valence-electron chi connectivity index (χ0n) is 13.7. The van der Waals surface area contributed by atoms with Gasteiger partial charge in [-0.05, 0) is 37.1 Å². The van der Waals surface area contributed by atoms with Crippen molar-refractivity contribution in [2.24, 2.45) is 0 Å². The van der Waals surface area contributed by atoms with Crippen molar-refractivity contribution in [2.45, 2.75) is 20.4 Å². The van der Waals surface area contributed by atoms with E-state index in [0.29, 0.717) is 12.4 Å². The van der Waals surface area contributed by atoms with E-state index in [9.17, 15) is 4.79 Å². The van der Waals surface area contributed by atoms with Gasteiger partial charge < -0.3 is 14.5 Å². The number of aryl methyl sites for hydroxylation is 2. The summed E-state index contributed by atoms with van der Waals surface area (Å²) in [5.41, 5.74) is 2.01. The van der Waals surface area contributed by atoms with Crippen LogP contribution in [0.15, 0.2) is 53.3 Å². The van der Waals surface area contributed by atoms with Crippen LogP contribution in [0.25, 0.3) is 0 Å². The number of aromatic nitrogens is 2. The van der Waals surface area contributed by atoms with Crippen molar-refractivity contribution in [3.05, 3.63) is 65.7 Å². The number of hydrogen-bond acceptors (Lipinski definition) is 4. The molecule has 0 aliphatic heterocycles. The number of nitrogens with one attached hydrogen (secondary N) is 1. The molecule has 3 aromatic rings. The lowest BCUT2D eigenvalue weighted by molar-refractivity contribution is -0.118. The van der Waals surface area contributed by atoms with Crippen LogP contribution < -0.4 is 10.1 Å². The molecule has 0 aliphatic rings. The molecule has 0 atom stereocenters.